The molecule has 0 heterocycles. The summed E-state index contributed by atoms with van der Waals surface area (Å²) >= 11 is 0. The van der Waals surface area contributed by atoms with Gasteiger partial charge in [0.15, 0.2) is 0 Å². The summed E-state index contributed by atoms with van der Waals surface area (Å²) in [5.41, 5.74) is 9.09. The molecule has 3 nitrogen and oxygen atoms in total. The van der Waals surface area contributed by atoms with Crippen LogP contribution < -0.4 is 11.1 Å². The fraction of sp³-hybridized carbons (Fsp3) is 0.133. The van der Waals surface area contributed by atoms with Crippen LogP contribution in [0.25, 0.3) is 0 Å². The van der Waals surface area contributed by atoms with Crippen molar-refractivity contribution in [2.24, 2.45) is 5.73 Å². The highest BCUT2D eigenvalue weighted by Crippen LogP contribution is 2.12. The lowest BCUT2D eigenvalue weighted by molar-refractivity contribution is 0.102. The van der Waals surface area contributed by atoms with Crippen molar-refractivity contribution in [3.8, 4) is 0 Å². The first kappa shape index (κ1) is 12.3. The van der Waals surface area contributed by atoms with Crippen LogP contribution in [-0.4, -0.2) is 5.91 Å². The van der Waals surface area contributed by atoms with E-state index in [1.165, 1.54) is 0 Å². The second-order valence-corrected chi connectivity index (χ2v) is 4.22. The van der Waals surface area contributed by atoms with Gasteiger partial charge in [-0.3, -0.25) is 4.79 Å². The summed E-state index contributed by atoms with van der Waals surface area (Å²) in [6.07, 6.45) is 0. The Morgan fingerprint density at radius 1 is 1.17 bits per heavy atom. The van der Waals surface area contributed by atoms with Crippen LogP contribution in [0.4, 0.5) is 5.69 Å². The minimum Gasteiger partial charge on any atom is -0.326 e. The molecule has 3 heteroatoms. The van der Waals surface area contributed by atoms with E-state index in [1.54, 1.807) is 12.1 Å². The smallest absolute Gasteiger partial charge is 0.255 e. The first-order chi connectivity index (χ1) is 8.69. The van der Waals surface area contributed by atoms with E-state index in [2.05, 4.69) is 5.32 Å². The second kappa shape index (κ2) is 5.47. The third kappa shape index (κ3) is 2.96. The molecule has 0 aromatic heterocycles. The standard InChI is InChI=1S/C15H16N2O/c1-11-3-2-4-14(9-11)17-15(18)13-7-5-12(10-16)6-8-13/h2-9H,10,16H2,1H3,(H,17,18). The highest BCUT2D eigenvalue weighted by Gasteiger charge is 2.05. The molecule has 0 aliphatic heterocycles. The van der Waals surface area contributed by atoms with Gasteiger partial charge in [-0.1, -0.05) is 24.3 Å². The van der Waals surface area contributed by atoms with E-state index in [0.717, 1.165) is 16.8 Å². The van der Waals surface area contributed by atoms with Crippen molar-refractivity contribution in [2.45, 2.75) is 13.5 Å². The molecule has 0 aliphatic carbocycles. The van der Waals surface area contributed by atoms with Crippen molar-refractivity contribution in [2.75, 3.05) is 5.32 Å². The van der Waals surface area contributed by atoms with Crippen molar-refractivity contribution >= 4 is 11.6 Å². The van der Waals surface area contributed by atoms with Crippen LogP contribution in [0.5, 0.6) is 0 Å². The summed E-state index contributed by atoms with van der Waals surface area (Å²) in [6, 6.07) is 15.0. The lowest BCUT2D eigenvalue weighted by atomic mass is 10.1. The molecule has 3 N–H and O–H groups in total. The molecule has 0 saturated carbocycles. The summed E-state index contributed by atoms with van der Waals surface area (Å²) in [5.74, 6) is -0.107. The molecule has 0 bridgehead atoms. The number of aryl methyl sites for hydroxylation is 1. The van der Waals surface area contributed by atoms with Gasteiger partial charge in [-0.2, -0.15) is 0 Å². The number of nitrogens with one attached hydrogen (secondary N) is 1. The summed E-state index contributed by atoms with van der Waals surface area (Å²) in [4.78, 5) is 12.0. The van der Waals surface area contributed by atoms with Gasteiger partial charge in [-0.05, 0) is 42.3 Å². The monoisotopic (exact) mass is 240 g/mol. The van der Waals surface area contributed by atoms with E-state index in [1.807, 2.05) is 43.3 Å². The molecule has 2 aromatic rings. The normalized spacial score (nSPS) is 10.1. The fourth-order valence-electron chi connectivity index (χ4n) is 1.72. The van der Waals surface area contributed by atoms with Crippen LogP contribution >= 0.6 is 0 Å². The number of hydrogen-bond donors (Lipinski definition) is 2. The Balaban J connectivity index is 2.11. The summed E-state index contributed by atoms with van der Waals surface area (Å²) < 4.78 is 0. The minimum atomic E-state index is -0.107. The van der Waals surface area contributed by atoms with Crippen LogP contribution in [0.15, 0.2) is 48.5 Å². The van der Waals surface area contributed by atoms with Gasteiger partial charge in [-0.15, -0.1) is 0 Å². The Morgan fingerprint density at radius 2 is 1.89 bits per heavy atom. The minimum absolute atomic E-state index is 0.107. The molecule has 0 radical (unpaired) electrons. The van der Waals surface area contributed by atoms with Crippen LogP contribution in [0.1, 0.15) is 21.5 Å². The van der Waals surface area contributed by atoms with Crippen LogP contribution in [0.3, 0.4) is 0 Å². The zero-order chi connectivity index (χ0) is 13.0. The van der Waals surface area contributed by atoms with Crippen molar-refractivity contribution < 1.29 is 4.79 Å². The number of carbonyl (C=O) groups excluding carboxylic acids is 1. The Morgan fingerprint density at radius 3 is 2.50 bits per heavy atom. The van der Waals surface area contributed by atoms with Crippen LogP contribution in [0, 0.1) is 6.92 Å². The van der Waals surface area contributed by atoms with E-state index in [-0.39, 0.29) is 5.91 Å². The van der Waals surface area contributed by atoms with Gasteiger partial charge in [0, 0.05) is 17.8 Å². The van der Waals surface area contributed by atoms with E-state index in [4.69, 9.17) is 5.73 Å². The predicted octanol–water partition coefficient (Wildman–Crippen LogP) is 2.71. The number of benzene rings is 2. The van der Waals surface area contributed by atoms with Crippen molar-refractivity contribution in [1.29, 1.82) is 0 Å². The average Bonchev–Trinajstić information content (AvgIpc) is 2.39. The van der Waals surface area contributed by atoms with Gasteiger partial charge < -0.3 is 11.1 Å². The molecule has 0 unspecified atom stereocenters. The van der Waals surface area contributed by atoms with Crippen molar-refractivity contribution in [1.82, 2.24) is 0 Å². The second-order valence-electron chi connectivity index (χ2n) is 4.22. The van der Waals surface area contributed by atoms with Crippen molar-refractivity contribution in [3.05, 3.63) is 65.2 Å². The predicted molar refractivity (Wildman–Crippen MR) is 73.5 cm³/mol. The van der Waals surface area contributed by atoms with E-state index < -0.39 is 0 Å². The Labute approximate surface area is 107 Å². The van der Waals surface area contributed by atoms with Gasteiger partial charge in [0.25, 0.3) is 5.91 Å². The number of nitrogens with two attached hydrogens (primary N) is 1. The number of carbonyl (C=O) groups is 1. The Hall–Kier alpha value is -2.13. The first-order valence-electron chi connectivity index (χ1n) is 5.86. The maximum atomic E-state index is 12.0. The lowest BCUT2D eigenvalue weighted by Crippen LogP contribution is -2.12. The topological polar surface area (TPSA) is 55.1 Å². The molecule has 2 rings (SSSR count). The molecule has 2 aromatic carbocycles. The van der Waals surface area contributed by atoms with Crippen LogP contribution in [-0.2, 0) is 6.54 Å². The van der Waals surface area contributed by atoms with E-state index >= 15 is 0 Å². The highest BCUT2D eigenvalue weighted by atomic mass is 16.1. The Bertz CT molecular complexity index is 547. The van der Waals surface area contributed by atoms with Gasteiger partial charge in [0.2, 0.25) is 0 Å². The summed E-state index contributed by atoms with van der Waals surface area (Å²) in [5, 5.41) is 2.87. The average molecular weight is 240 g/mol. The molecular formula is C15H16N2O. The number of hydrogen-bond acceptors (Lipinski definition) is 2. The van der Waals surface area contributed by atoms with Crippen molar-refractivity contribution in [3.63, 3.8) is 0 Å². The van der Waals surface area contributed by atoms with E-state index in [0.29, 0.717) is 12.1 Å². The molecule has 0 atom stereocenters. The Kier molecular flexibility index (Phi) is 3.75. The zero-order valence-electron chi connectivity index (χ0n) is 10.3. The maximum Gasteiger partial charge on any atom is 0.255 e. The third-order valence-electron chi connectivity index (χ3n) is 2.73. The fourth-order valence-corrected chi connectivity index (χ4v) is 1.72. The van der Waals surface area contributed by atoms with Gasteiger partial charge in [-0.25, -0.2) is 0 Å². The highest BCUT2D eigenvalue weighted by molar-refractivity contribution is 6.04. The molecule has 0 fully saturated rings. The van der Waals surface area contributed by atoms with Gasteiger partial charge >= 0.3 is 0 Å². The largest absolute Gasteiger partial charge is 0.326 e. The van der Waals surface area contributed by atoms with Gasteiger partial charge in [0.1, 0.15) is 0 Å². The lowest BCUT2D eigenvalue weighted by Gasteiger charge is -2.06. The maximum absolute atomic E-state index is 12.0. The molecule has 1 amide bonds. The SMILES string of the molecule is Cc1cccc(NC(=O)c2ccc(CN)cc2)c1. The quantitative estimate of drug-likeness (QED) is 0.866. The number of anilines is 1. The summed E-state index contributed by atoms with van der Waals surface area (Å²) in [7, 11) is 0. The number of rotatable bonds is 3. The molecule has 0 saturated heterocycles. The van der Waals surface area contributed by atoms with Crippen LogP contribution in [0.2, 0.25) is 0 Å². The molecule has 0 aliphatic rings. The summed E-state index contributed by atoms with van der Waals surface area (Å²) in [6.45, 7) is 2.48. The molecule has 0 spiro atoms. The molecular weight excluding hydrogens is 224 g/mol. The first-order valence-corrected chi connectivity index (χ1v) is 5.86. The third-order valence-corrected chi connectivity index (χ3v) is 2.73. The zero-order valence-corrected chi connectivity index (χ0v) is 10.3. The van der Waals surface area contributed by atoms with Gasteiger partial charge in [0.05, 0.1) is 0 Å². The molecule has 92 valence electrons. The molecule has 18 heavy (non-hydrogen) atoms. The van der Waals surface area contributed by atoms with E-state index in [9.17, 15) is 4.79 Å². The number of amides is 1.